The average molecular weight is 271 g/mol. The molecule has 4 nitrogen and oxygen atoms in total. The number of carboxylic acids is 1. The van der Waals surface area contributed by atoms with Crippen molar-refractivity contribution in [2.24, 2.45) is 5.92 Å². The molecule has 1 fully saturated rings. The summed E-state index contributed by atoms with van der Waals surface area (Å²) >= 11 is 0. The van der Waals surface area contributed by atoms with Gasteiger partial charge < -0.3 is 15.2 Å². The van der Waals surface area contributed by atoms with Gasteiger partial charge in [0.05, 0.1) is 0 Å². The van der Waals surface area contributed by atoms with E-state index < -0.39 is 11.5 Å². The van der Waals surface area contributed by atoms with E-state index in [-0.39, 0.29) is 0 Å². The van der Waals surface area contributed by atoms with Gasteiger partial charge >= 0.3 is 5.97 Å². The topological polar surface area (TPSA) is 58.6 Å². The molecule has 1 rings (SSSR count). The predicted molar refractivity (Wildman–Crippen MR) is 76.3 cm³/mol. The molecule has 0 amide bonds. The lowest BCUT2D eigenvalue weighted by Gasteiger charge is -2.26. The zero-order valence-electron chi connectivity index (χ0n) is 12.4. The molecule has 1 unspecified atom stereocenters. The Balaban J connectivity index is 2.12. The van der Waals surface area contributed by atoms with E-state index in [1.54, 1.807) is 6.92 Å². The number of carboxylic acid groups (broad SMARTS) is 1. The summed E-state index contributed by atoms with van der Waals surface area (Å²) in [5, 5.41) is 12.3. The third-order valence-electron chi connectivity index (χ3n) is 4.08. The van der Waals surface area contributed by atoms with Crippen LogP contribution in [-0.2, 0) is 9.53 Å². The van der Waals surface area contributed by atoms with Crippen LogP contribution < -0.4 is 5.32 Å². The number of carbonyl (C=O) groups is 1. The molecule has 0 bridgehead atoms. The van der Waals surface area contributed by atoms with Gasteiger partial charge in [-0.2, -0.15) is 0 Å². The standard InChI is InChI=1S/C15H29NO3/c1-3-16-15(2,14(17)18)10-7-11-19-12-13-8-5-4-6-9-13/h13,16H,3-12H2,1-2H3,(H,17,18). The summed E-state index contributed by atoms with van der Waals surface area (Å²) in [5.74, 6) is -0.0463. The zero-order chi connectivity index (χ0) is 14.1. The van der Waals surface area contributed by atoms with Gasteiger partial charge in [0.25, 0.3) is 0 Å². The van der Waals surface area contributed by atoms with Crippen LogP contribution in [0.3, 0.4) is 0 Å². The van der Waals surface area contributed by atoms with E-state index in [0.717, 1.165) is 18.9 Å². The van der Waals surface area contributed by atoms with Gasteiger partial charge in [-0.1, -0.05) is 26.2 Å². The molecule has 0 spiro atoms. The number of ether oxygens (including phenoxy) is 1. The molecule has 0 aliphatic heterocycles. The van der Waals surface area contributed by atoms with Crippen LogP contribution in [0.4, 0.5) is 0 Å². The number of likely N-dealkylation sites (N-methyl/N-ethyl adjacent to an activating group) is 1. The van der Waals surface area contributed by atoms with Gasteiger partial charge in [0.15, 0.2) is 0 Å². The van der Waals surface area contributed by atoms with Crippen LogP contribution in [0.5, 0.6) is 0 Å². The summed E-state index contributed by atoms with van der Waals surface area (Å²) in [6, 6.07) is 0. The van der Waals surface area contributed by atoms with Crippen molar-refractivity contribution in [3.05, 3.63) is 0 Å². The molecule has 112 valence electrons. The fourth-order valence-corrected chi connectivity index (χ4v) is 2.79. The second-order valence-electron chi connectivity index (χ2n) is 5.85. The molecule has 2 N–H and O–H groups in total. The SMILES string of the molecule is CCNC(C)(CCCOCC1CCCCC1)C(=O)O. The van der Waals surface area contributed by atoms with Crippen LogP contribution in [0.15, 0.2) is 0 Å². The molecule has 1 saturated carbocycles. The van der Waals surface area contributed by atoms with Crippen molar-refractivity contribution in [2.75, 3.05) is 19.8 Å². The molecule has 0 heterocycles. The maximum atomic E-state index is 11.2. The van der Waals surface area contributed by atoms with Crippen molar-refractivity contribution in [1.82, 2.24) is 5.32 Å². The number of hydrogen-bond acceptors (Lipinski definition) is 3. The fourth-order valence-electron chi connectivity index (χ4n) is 2.79. The lowest BCUT2D eigenvalue weighted by Crippen LogP contribution is -2.49. The van der Waals surface area contributed by atoms with Crippen LogP contribution in [0, 0.1) is 5.92 Å². The zero-order valence-corrected chi connectivity index (χ0v) is 12.4. The van der Waals surface area contributed by atoms with E-state index in [0.29, 0.717) is 19.6 Å². The Bertz CT molecular complexity index is 264. The first-order valence-electron chi connectivity index (χ1n) is 7.64. The predicted octanol–water partition coefficient (Wildman–Crippen LogP) is 2.82. The summed E-state index contributed by atoms with van der Waals surface area (Å²) in [6.07, 6.45) is 8.05. The summed E-state index contributed by atoms with van der Waals surface area (Å²) in [5.41, 5.74) is -0.817. The minimum atomic E-state index is -0.817. The highest BCUT2D eigenvalue weighted by Gasteiger charge is 2.31. The highest BCUT2D eigenvalue weighted by atomic mass is 16.5. The number of hydrogen-bond donors (Lipinski definition) is 2. The molecule has 19 heavy (non-hydrogen) atoms. The van der Waals surface area contributed by atoms with E-state index in [2.05, 4.69) is 5.32 Å². The minimum Gasteiger partial charge on any atom is -0.480 e. The third-order valence-corrected chi connectivity index (χ3v) is 4.08. The Morgan fingerprint density at radius 3 is 2.63 bits per heavy atom. The van der Waals surface area contributed by atoms with Gasteiger partial charge in [-0.05, 0) is 45.1 Å². The Morgan fingerprint density at radius 2 is 2.05 bits per heavy atom. The molecule has 1 aliphatic carbocycles. The Labute approximate surface area is 116 Å². The van der Waals surface area contributed by atoms with Crippen molar-refractivity contribution in [1.29, 1.82) is 0 Å². The van der Waals surface area contributed by atoms with Gasteiger partial charge in [0.2, 0.25) is 0 Å². The monoisotopic (exact) mass is 271 g/mol. The van der Waals surface area contributed by atoms with Crippen LogP contribution in [0.2, 0.25) is 0 Å². The van der Waals surface area contributed by atoms with Gasteiger partial charge in [-0.3, -0.25) is 4.79 Å². The Morgan fingerprint density at radius 1 is 1.37 bits per heavy atom. The molecule has 0 aromatic carbocycles. The van der Waals surface area contributed by atoms with Crippen molar-refractivity contribution < 1.29 is 14.6 Å². The Kier molecular flexibility index (Phi) is 7.39. The third kappa shape index (κ3) is 5.91. The molecule has 4 heteroatoms. The smallest absolute Gasteiger partial charge is 0.323 e. The molecule has 0 aromatic rings. The summed E-state index contributed by atoms with van der Waals surface area (Å²) in [7, 11) is 0. The lowest BCUT2D eigenvalue weighted by molar-refractivity contribution is -0.144. The van der Waals surface area contributed by atoms with Crippen LogP contribution >= 0.6 is 0 Å². The summed E-state index contributed by atoms with van der Waals surface area (Å²) in [4.78, 5) is 11.2. The first kappa shape index (κ1) is 16.4. The van der Waals surface area contributed by atoms with Crippen LogP contribution in [-0.4, -0.2) is 36.4 Å². The first-order valence-corrected chi connectivity index (χ1v) is 7.64. The second-order valence-corrected chi connectivity index (χ2v) is 5.85. The second kappa shape index (κ2) is 8.54. The largest absolute Gasteiger partial charge is 0.480 e. The molecule has 1 atom stereocenters. The van der Waals surface area contributed by atoms with E-state index in [1.807, 2.05) is 6.92 Å². The van der Waals surface area contributed by atoms with E-state index in [1.165, 1.54) is 32.1 Å². The number of rotatable bonds is 9. The van der Waals surface area contributed by atoms with Crippen LogP contribution in [0.25, 0.3) is 0 Å². The maximum Gasteiger partial charge on any atom is 0.323 e. The van der Waals surface area contributed by atoms with Crippen molar-refractivity contribution in [3.8, 4) is 0 Å². The summed E-state index contributed by atoms with van der Waals surface area (Å²) in [6.45, 7) is 5.88. The fraction of sp³-hybridized carbons (Fsp3) is 0.933. The molecule has 0 radical (unpaired) electrons. The molecular formula is C15H29NO3. The quantitative estimate of drug-likeness (QED) is 0.633. The van der Waals surface area contributed by atoms with Gasteiger partial charge in [0.1, 0.15) is 5.54 Å². The van der Waals surface area contributed by atoms with Crippen molar-refractivity contribution in [3.63, 3.8) is 0 Å². The number of aliphatic carboxylic acids is 1. The normalized spacial score (nSPS) is 20.1. The molecular weight excluding hydrogens is 242 g/mol. The number of nitrogens with one attached hydrogen (secondary N) is 1. The van der Waals surface area contributed by atoms with Gasteiger partial charge in [0, 0.05) is 13.2 Å². The molecule has 0 aromatic heterocycles. The van der Waals surface area contributed by atoms with Gasteiger partial charge in [-0.25, -0.2) is 0 Å². The Hall–Kier alpha value is -0.610. The minimum absolute atomic E-state index is 0.612. The average Bonchev–Trinajstić information content (AvgIpc) is 2.39. The van der Waals surface area contributed by atoms with E-state index in [9.17, 15) is 9.90 Å². The summed E-state index contributed by atoms with van der Waals surface area (Å²) < 4.78 is 5.71. The highest BCUT2D eigenvalue weighted by molar-refractivity contribution is 5.78. The molecule has 1 aliphatic rings. The van der Waals surface area contributed by atoms with Crippen molar-refractivity contribution in [2.45, 2.75) is 64.3 Å². The maximum absolute atomic E-state index is 11.2. The van der Waals surface area contributed by atoms with Crippen molar-refractivity contribution >= 4 is 5.97 Å². The van der Waals surface area contributed by atoms with Crippen LogP contribution in [0.1, 0.15) is 58.8 Å². The van der Waals surface area contributed by atoms with E-state index in [4.69, 9.17) is 4.74 Å². The first-order chi connectivity index (χ1) is 9.08. The van der Waals surface area contributed by atoms with Gasteiger partial charge in [-0.15, -0.1) is 0 Å². The van der Waals surface area contributed by atoms with E-state index >= 15 is 0 Å². The lowest BCUT2D eigenvalue weighted by atomic mass is 9.90. The molecule has 0 saturated heterocycles. The highest BCUT2D eigenvalue weighted by Crippen LogP contribution is 2.23.